The number of hydrogen-bond acceptors (Lipinski definition) is 4. The quantitative estimate of drug-likeness (QED) is 0.671. The molecule has 0 fully saturated rings. The molecule has 3 aromatic rings. The minimum atomic E-state index is -0.433. The lowest BCUT2D eigenvalue weighted by Gasteiger charge is -2.08. The Kier molecular flexibility index (Phi) is 6.04. The first kappa shape index (κ1) is 18.4. The highest BCUT2D eigenvalue weighted by Gasteiger charge is 2.10. The molecular formula is C20H18F2N4O. The van der Waals surface area contributed by atoms with Gasteiger partial charge in [-0.2, -0.15) is 0 Å². The van der Waals surface area contributed by atoms with Crippen LogP contribution in [0.4, 0.5) is 14.6 Å². The second kappa shape index (κ2) is 8.84. The lowest BCUT2D eigenvalue weighted by atomic mass is 10.1. The van der Waals surface area contributed by atoms with Crippen LogP contribution in [-0.2, 0) is 13.0 Å². The summed E-state index contributed by atoms with van der Waals surface area (Å²) >= 11 is 0. The van der Waals surface area contributed by atoms with Gasteiger partial charge in [-0.3, -0.25) is 4.79 Å². The van der Waals surface area contributed by atoms with Gasteiger partial charge in [0.1, 0.15) is 29.5 Å². The molecule has 5 nitrogen and oxygen atoms in total. The van der Waals surface area contributed by atoms with E-state index in [4.69, 9.17) is 0 Å². The second-order valence-corrected chi connectivity index (χ2v) is 5.83. The Morgan fingerprint density at radius 3 is 2.30 bits per heavy atom. The van der Waals surface area contributed by atoms with Gasteiger partial charge in [0.05, 0.1) is 0 Å². The van der Waals surface area contributed by atoms with Crippen LogP contribution >= 0.6 is 0 Å². The number of halogens is 2. The molecule has 0 aliphatic heterocycles. The van der Waals surface area contributed by atoms with E-state index in [1.54, 1.807) is 36.4 Å². The maximum Gasteiger partial charge on any atom is 0.270 e. The highest BCUT2D eigenvalue weighted by atomic mass is 19.1. The van der Waals surface area contributed by atoms with Crippen molar-refractivity contribution in [2.45, 2.75) is 13.0 Å². The van der Waals surface area contributed by atoms with Crippen LogP contribution < -0.4 is 10.6 Å². The van der Waals surface area contributed by atoms with Crippen molar-refractivity contribution in [3.63, 3.8) is 0 Å². The molecule has 0 saturated heterocycles. The molecule has 0 aliphatic carbocycles. The van der Waals surface area contributed by atoms with Crippen LogP contribution in [0.5, 0.6) is 0 Å². The minimum Gasteiger partial charge on any atom is -0.370 e. The molecule has 1 amide bonds. The third kappa shape index (κ3) is 5.07. The van der Waals surface area contributed by atoms with Crippen molar-refractivity contribution in [3.05, 3.63) is 89.4 Å². The molecule has 0 bridgehead atoms. The van der Waals surface area contributed by atoms with Gasteiger partial charge in [0.15, 0.2) is 0 Å². The first-order chi connectivity index (χ1) is 13.1. The lowest BCUT2D eigenvalue weighted by Crippen LogP contribution is -2.24. The van der Waals surface area contributed by atoms with Crippen molar-refractivity contribution in [2.75, 3.05) is 11.9 Å². The second-order valence-electron chi connectivity index (χ2n) is 5.83. The van der Waals surface area contributed by atoms with E-state index in [1.807, 2.05) is 0 Å². The van der Waals surface area contributed by atoms with Crippen molar-refractivity contribution in [2.24, 2.45) is 0 Å². The summed E-state index contributed by atoms with van der Waals surface area (Å²) in [5.41, 5.74) is 1.15. The van der Waals surface area contributed by atoms with E-state index in [1.165, 1.54) is 24.5 Å². The molecule has 0 saturated carbocycles. The normalized spacial score (nSPS) is 10.4. The fourth-order valence-electron chi connectivity index (χ4n) is 2.51. The van der Waals surface area contributed by atoms with Gasteiger partial charge >= 0.3 is 0 Å². The number of rotatable bonds is 7. The van der Waals surface area contributed by atoms with Gasteiger partial charge in [0.25, 0.3) is 5.91 Å². The third-order valence-electron chi connectivity index (χ3n) is 3.96. The maximum absolute atomic E-state index is 13.6. The average Bonchev–Trinajstić information content (AvgIpc) is 2.69. The van der Waals surface area contributed by atoms with Crippen molar-refractivity contribution in [1.29, 1.82) is 0 Å². The van der Waals surface area contributed by atoms with Gasteiger partial charge < -0.3 is 10.6 Å². The standard InChI is InChI=1S/C20H18F2N4O/c21-16-7-3-1-5-14(16)9-10-23-19-11-18(25-13-26-19)20(27)24-12-15-6-2-4-8-17(15)22/h1-8,11,13H,9-10,12H2,(H,24,27)(H,23,25,26). The third-order valence-corrected chi connectivity index (χ3v) is 3.96. The number of carbonyl (C=O) groups is 1. The number of carbonyl (C=O) groups excluding carboxylic acids is 1. The Balaban J connectivity index is 1.55. The summed E-state index contributed by atoms with van der Waals surface area (Å²) in [4.78, 5) is 20.2. The molecule has 3 rings (SSSR count). The minimum absolute atomic E-state index is 0.0611. The molecule has 0 spiro atoms. The van der Waals surface area contributed by atoms with Gasteiger partial charge in [-0.1, -0.05) is 36.4 Å². The summed E-state index contributed by atoms with van der Waals surface area (Å²) in [5, 5.41) is 5.67. The molecule has 2 N–H and O–H groups in total. The van der Waals surface area contributed by atoms with Gasteiger partial charge in [0.2, 0.25) is 0 Å². The Morgan fingerprint density at radius 2 is 1.59 bits per heavy atom. The van der Waals surface area contributed by atoms with Gasteiger partial charge in [-0.05, 0) is 24.1 Å². The Labute approximate surface area is 155 Å². The summed E-state index contributed by atoms with van der Waals surface area (Å²) in [6.45, 7) is 0.514. The van der Waals surface area contributed by atoms with Crippen molar-refractivity contribution in [1.82, 2.24) is 15.3 Å². The molecule has 0 unspecified atom stereocenters. The maximum atomic E-state index is 13.6. The lowest BCUT2D eigenvalue weighted by molar-refractivity contribution is 0.0945. The van der Waals surface area contributed by atoms with Gasteiger partial charge in [-0.15, -0.1) is 0 Å². The molecule has 1 heterocycles. The zero-order valence-electron chi connectivity index (χ0n) is 14.5. The Bertz CT molecular complexity index is 933. The van der Waals surface area contributed by atoms with E-state index in [0.29, 0.717) is 29.9 Å². The molecule has 0 atom stereocenters. The highest BCUT2D eigenvalue weighted by molar-refractivity contribution is 5.92. The number of anilines is 1. The van der Waals surface area contributed by atoms with Crippen molar-refractivity contribution in [3.8, 4) is 0 Å². The number of amides is 1. The van der Waals surface area contributed by atoms with Crippen LogP contribution in [0.2, 0.25) is 0 Å². The number of benzene rings is 2. The Morgan fingerprint density at radius 1 is 0.926 bits per heavy atom. The molecule has 27 heavy (non-hydrogen) atoms. The molecule has 0 radical (unpaired) electrons. The summed E-state index contributed by atoms with van der Waals surface area (Å²) in [6, 6.07) is 14.3. The van der Waals surface area contributed by atoms with E-state index in [9.17, 15) is 13.6 Å². The highest BCUT2D eigenvalue weighted by Crippen LogP contribution is 2.09. The van der Waals surface area contributed by atoms with E-state index >= 15 is 0 Å². The van der Waals surface area contributed by atoms with E-state index in [2.05, 4.69) is 20.6 Å². The van der Waals surface area contributed by atoms with Gasteiger partial charge in [-0.25, -0.2) is 18.7 Å². The van der Waals surface area contributed by atoms with E-state index in [0.717, 1.165) is 0 Å². The Hall–Kier alpha value is -3.35. The van der Waals surface area contributed by atoms with Crippen LogP contribution in [-0.4, -0.2) is 22.4 Å². The molecule has 1 aromatic heterocycles. The molecule has 0 aliphatic rings. The predicted octanol–water partition coefficient (Wildman–Crippen LogP) is 3.34. The fraction of sp³-hybridized carbons (Fsp3) is 0.150. The topological polar surface area (TPSA) is 66.9 Å². The summed E-state index contributed by atoms with van der Waals surface area (Å²) in [7, 11) is 0. The summed E-state index contributed by atoms with van der Waals surface area (Å²) in [6.07, 6.45) is 1.74. The summed E-state index contributed by atoms with van der Waals surface area (Å²) < 4.78 is 27.2. The van der Waals surface area contributed by atoms with Crippen LogP contribution in [0.25, 0.3) is 0 Å². The zero-order valence-corrected chi connectivity index (χ0v) is 14.5. The first-order valence-corrected chi connectivity index (χ1v) is 8.44. The monoisotopic (exact) mass is 368 g/mol. The van der Waals surface area contributed by atoms with Crippen LogP contribution in [0.15, 0.2) is 60.9 Å². The largest absolute Gasteiger partial charge is 0.370 e. The van der Waals surface area contributed by atoms with Gasteiger partial charge in [0, 0.05) is 24.7 Å². The van der Waals surface area contributed by atoms with Crippen molar-refractivity contribution >= 4 is 11.7 Å². The molecular weight excluding hydrogens is 350 g/mol. The molecule has 7 heteroatoms. The fourth-order valence-corrected chi connectivity index (χ4v) is 2.51. The summed E-state index contributed by atoms with van der Waals surface area (Å²) in [5.74, 6) is -0.610. The smallest absolute Gasteiger partial charge is 0.270 e. The zero-order chi connectivity index (χ0) is 19.1. The number of aromatic nitrogens is 2. The number of nitrogens with one attached hydrogen (secondary N) is 2. The van der Waals surface area contributed by atoms with Crippen LogP contribution in [0, 0.1) is 11.6 Å². The van der Waals surface area contributed by atoms with Crippen LogP contribution in [0.1, 0.15) is 21.6 Å². The van der Waals surface area contributed by atoms with E-state index in [-0.39, 0.29) is 23.9 Å². The van der Waals surface area contributed by atoms with Crippen LogP contribution in [0.3, 0.4) is 0 Å². The SMILES string of the molecule is O=C(NCc1ccccc1F)c1cc(NCCc2ccccc2F)ncn1. The average molecular weight is 368 g/mol. The first-order valence-electron chi connectivity index (χ1n) is 8.44. The predicted molar refractivity (Wildman–Crippen MR) is 98.2 cm³/mol. The van der Waals surface area contributed by atoms with E-state index < -0.39 is 5.91 Å². The van der Waals surface area contributed by atoms with Crippen molar-refractivity contribution < 1.29 is 13.6 Å². The molecule has 2 aromatic carbocycles. The molecule has 138 valence electrons. The number of nitrogens with zero attached hydrogens (tertiary/aromatic N) is 2. The number of hydrogen-bond donors (Lipinski definition) is 2.